The van der Waals surface area contributed by atoms with Crippen molar-refractivity contribution < 1.29 is 13.9 Å². The first kappa shape index (κ1) is 28.8. The summed E-state index contributed by atoms with van der Waals surface area (Å²) in [6, 6.07) is 53.7. The van der Waals surface area contributed by atoms with Gasteiger partial charge in [-0.2, -0.15) is 0 Å². The Hall–Kier alpha value is -5.97. The molecule has 3 aliphatic heterocycles. The molecule has 0 aliphatic carbocycles. The number of allylic oxidation sites excluding steroid dienone is 1. The Kier molecular flexibility index (Phi) is 6.37. The molecule has 2 bridgehead atoms. The largest absolute Gasteiger partial charge is 0.456 e. The lowest BCUT2D eigenvalue weighted by Gasteiger charge is -2.26. The van der Waals surface area contributed by atoms with Gasteiger partial charge in [-0.25, -0.2) is 0 Å². The van der Waals surface area contributed by atoms with Crippen molar-refractivity contribution in [3.05, 3.63) is 191 Å². The molecule has 0 saturated heterocycles. The smallest absolute Gasteiger partial charge is 0.175 e. The van der Waals surface area contributed by atoms with Crippen LogP contribution in [0.1, 0.15) is 49.4 Å². The van der Waals surface area contributed by atoms with Gasteiger partial charge < -0.3 is 13.9 Å². The van der Waals surface area contributed by atoms with Crippen LogP contribution in [0.15, 0.2) is 156 Å². The molecule has 4 heteroatoms. The van der Waals surface area contributed by atoms with Crippen LogP contribution in [0.2, 0.25) is 0 Å². The molecule has 0 fully saturated rings. The third-order valence-electron chi connectivity index (χ3n) is 10.5. The Labute approximate surface area is 299 Å². The Balaban J connectivity index is 1.01. The van der Waals surface area contributed by atoms with Crippen molar-refractivity contribution in [3.8, 4) is 34.1 Å². The van der Waals surface area contributed by atoms with Gasteiger partial charge in [0.1, 0.15) is 11.2 Å². The fourth-order valence-electron chi connectivity index (χ4n) is 8.16. The lowest BCUT2D eigenvalue weighted by Crippen LogP contribution is -2.08. The molecule has 1 aromatic heterocycles. The summed E-state index contributed by atoms with van der Waals surface area (Å²) in [6.07, 6.45) is 3.16. The van der Waals surface area contributed by atoms with Crippen molar-refractivity contribution >= 4 is 45.3 Å². The van der Waals surface area contributed by atoms with E-state index in [1.165, 1.54) is 50.1 Å². The number of furan rings is 1. The standard InChI is InChI=1S/C47H30O3S/c1-2-10-29(11-3-1)33-13-5-4-12-31(33)26-32(30-19-21-35-34-14-6-7-15-39(34)48-43(35)27-30)24-28-18-20-36-38(25-28)46-37-22-23-42-45(44(37)47(36)51-46)50-41-17-9-8-16-40(41)49-42/h1-25,27,46-47H,26H2/b32-24-. The van der Waals surface area contributed by atoms with Gasteiger partial charge in [-0.05, 0) is 99.0 Å². The molecule has 0 saturated carbocycles. The average molecular weight is 675 g/mol. The van der Waals surface area contributed by atoms with E-state index in [-0.39, 0.29) is 10.5 Å². The van der Waals surface area contributed by atoms with Crippen molar-refractivity contribution in [1.82, 2.24) is 0 Å². The molecule has 0 radical (unpaired) electrons. The van der Waals surface area contributed by atoms with Crippen LogP contribution in [0.4, 0.5) is 0 Å². The third-order valence-corrected chi connectivity index (χ3v) is 12.1. The zero-order valence-electron chi connectivity index (χ0n) is 27.5. The molecule has 2 unspecified atom stereocenters. The highest BCUT2D eigenvalue weighted by Crippen LogP contribution is 2.68. The zero-order chi connectivity index (χ0) is 33.5. The van der Waals surface area contributed by atoms with E-state index < -0.39 is 0 Å². The molecule has 0 amide bonds. The maximum atomic E-state index is 6.51. The number of hydrogen-bond acceptors (Lipinski definition) is 4. The van der Waals surface area contributed by atoms with Crippen LogP contribution >= 0.6 is 11.8 Å². The predicted molar refractivity (Wildman–Crippen MR) is 208 cm³/mol. The van der Waals surface area contributed by atoms with Crippen molar-refractivity contribution in [3.63, 3.8) is 0 Å². The second-order valence-corrected chi connectivity index (χ2v) is 14.7. The number of benzene rings is 7. The van der Waals surface area contributed by atoms with Gasteiger partial charge in [0.2, 0.25) is 0 Å². The van der Waals surface area contributed by atoms with Gasteiger partial charge in [-0.1, -0.05) is 115 Å². The van der Waals surface area contributed by atoms with Crippen molar-refractivity contribution in [2.24, 2.45) is 0 Å². The van der Waals surface area contributed by atoms with Crippen LogP contribution in [-0.2, 0) is 6.42 Å². The first-order valence-electron chi connectivity index (χ1n) is 17.4. The van der Waals surface area contributed by atoms with E-state index in [9.17, 15) is 0 Å². The molecule has 4 heterocycles. The van der Waals surface area contributed by atoms with Crippen LogP contribution in [-0.4, -0.2) is 0 Å². The second kappa shape index (κ2) is 11.3. The van der Waals surface area contributed by atoms with Gasteiger partial charge in [0.15, 0.2) is 23.0 Å². The van der Waals surface area contributed by atoms with Crippen LogP contribution in [0.25, 0.3) is 44.7 Å². The van der Waals surface area contributed by atoms with E-state index in [2.05, 4.69) is 121 Å². The molecule has 2 atom stereocenters. The summed E-state index contributed by atoms with van der Waals surface area (Å²) >= 11 is 2.00. The third kappa shape index (κ3) is 4.60. The molecule has 0 spiro atoms. The minimum atomic E-state index is 0.217. The Morgan fingerprint density at radius 2 is 1.33 bits per heavy atom. The highest BCUT2D eigenvalue weighted by Gasteiger charge is 2.45. The maximum Gasteiger partial charge on any atom is 0.175 e. The molecule has 7 aromatic carbocycles. The van der Waals surface area contributed by atoms with Crippen LogP contribution in [0.5, 0.6) is 23.0 Å². The molecule has 3 nitrogen and oxygen atoms in total. The Morgan fingerprint density at radius 1 is 0.569 bits per heavy atom. The summed E-state index contributed by atoms with van der Waals surface area (Å²) in [5.41, 5.74) is 14.5. The summed E-state index contributed by atoms with van der Waals surface area (Å²) in [6.45, 7) is 0. The van der Waals surface area contributed by atoms with E-state index in [0.29, 0.717) is 0 Å². The average Bonchev–Trinajstić information content (AvgIpc) is 3.88. The number of fused-ring (bicyclic) bond motifs is 14. The summed E-state index contributed by atoms with van der Waals surface area (Å²) < 4.78 is 19.2. The van der Waals surface area contributed by atoms with E-state index in [1.54, 1.807) is 0 Å². The second-order valence-electron chi connectivity index (χ2n) is 13.5. The minimum Gasteiger partial charge on any atom is -0.456 e. The van der Waals surface area contributed by atoms with Gasteiger partial charge in [0.05, 0.1) is 10.5 Å². The van der Waals surface area contributed by atoms with E-state index >= 15 is 0 Å². The SMILES string of the molecule is C(=C(\Cc1ccccc1-c1ccccc1)c1ccc2c(c1)oc1ccccc12)/c1ccc2c(c1)C1SC2c2c1ccc1c2Oc2ccccc2O1. The minimum absolute atomic E-state index is 0.217. The van der Waals surface area contributed by atoms with E-state index in [4.69, 9.17) is 13.9 Å². The molecule has 242 valence electrons. The molecule has 11 rings (SSSR count). The zero-order valence-corrected chi connectivity index (χ0v) is 28.3. The molecule has 3 aliphatic rings. The van der Waals surface area contributed by atoms with E-state index in [0.717, 1.165) is 56.9 Å². The summed E-state index contributed by atoms with van der Waals surface area (Å²) in [5.74, 6) is 3.19. The molecule has 0 N–H and O–H groups in total. The van der Waals surface area contributed by atoms with Gasteiger partial charge in [-0.15, -0.1) is 11.8 Å². The molecule has 8 aromatic rings. The van der Waals surface area contributed by atoms with Crippen molar-refractivity contribution in [2.75, 3.05) is 0 Å². The number of thioether (sulfide) groups is 1. The number of para-hydroxylation sites is 3. The monoisotopic (exact) mass is 674 g/mol. The topological polar surface area (TPSA) is 31.6 Å². The fourth-order valence-corrected chi connectivity index (χ4v) is 9.88. The van der Waals surface area contributed by atoms with Crippen LogP contribution in [0, 0.1) is 0 Å². The predicted octanol–water partition coefficient (Wildman–Crippen LogP) is 13.2. The Bertz CT molecular complexity index is 2720. The lowest BCUT2D eigenvalue weighted by molar-refractivity contribution is 0.356. The number of ether oxygens (including phenoxy) is 2. The van der Waals surface area contributed by atoms with E-state index in [1.807, 2.05) is 48.2 Å². The normalized spacial score (nSPS) is 16.7. The molecular formula is C47H30O3S. The fraction of sp³-hybridized carbons (Fsp3) is 0.0638. The van der Waals surface area contributed by atoms with Crippen LogP contribution in [0.3, 0.4) is 0 Å². The molecule has 51 heavy (non-hydrogen) atoms. The van der Waals surface area contributed by atoms with Crippen molar-refractivity contribution in [2.45, 2.75) is 16.9 Å². The first-order chi connectivity index (χ1) is 25.2. The highest BCUT2D eigenvalue weighted by molar-refractivity contribution is 8.00. The highest BCUT2D eigenvalue weighted by atomic mass is 32.2. The van der Waals surface area contributed by atoms with Crippen LogP contribution < -0.4 is 9.47 Å². The van der Waals surface area contributed by atoms with Gasteiger partial charge >= 0.3 is 0 Å². The van der Waals surface area contributed by atoms with Gasteiger partial charge in [0.25, 0.3) is 0 Å². The first-order valence-corrected chi connectivity index (χ1v) is 18.4. The van der Waals surface area contributed by atoms with Gasteiger partial charge in [0, 0.05) is 16.3 Å². The van der Waals surface area contributed by atoms with Crippen molar-refractivity contribution in [1.29, 1.82) is 0 Å². The quantitative estimate of drug-likeness (QED) is 0.170. The van der Waals surface area contributed by atoms with Gasteiger partial charge in [-0.3, -0.25) is 0 Å². The number of rotatable bonds is 5. The maximum absolute atomic E-state index is 6.51. The Morgan fingerprint density at radius 3 is 2.25 bits per heavy atom. The number of hydrogen-bond donors (Lipinski definition) is 0. The summed E-state index contributed by atoms with van der Waals surface area (Å²) in [4.78, 5) is 0. The lowest BCUT2D eigenvalue weighted by atomic mass is 9.84. The summed E-state index contributed by atoms with van der Waals surface area (Å²) in [5, 5.41) is 2.76. The summed E-state index contributed by atoms with van der Waals surface area (Å²) in [7, 11) is 0. The molecular weight excluding hydrogens is 645 g/mol.